The van der Waals surface area contributed by atoms with Gasteiger partial charge in [-0.2, -0.15) is 0 Å². The summed E-state index contributed by atoms with van der Waals surface area (Å²) in [6.07, 6.45) is 2.08. The van der Waals surface area contributed by atoms with Crippen LogP contribution < -0.4 is 14.4 Å². The van der Waals surface area contributed by atoms with Gasteiger partial charge in [-0.3, -0.25) is 9.10 Å². The van der Waals surface area contributed by atoms with Crippen LogP contribution in [-0.2, 0) is 14.8 Å². The van der Waals surface area contributed by atoms with Gasteiger partial charge in [0.05, 0.1) is 19.1 Å². The molecule has 0 saturated carbocycles. The Morgan fingerprint density at radius 1 is 1.38 bits per heavy atom. The largest absolute Gasteiger partial charge is 0.497 e. The molecule has 1 rings (SSSR count). The van der Waals surface area contributed by atoms with Gasteiger partial charge in [-0.05, 0) is 18.6 Å². The van der Waals surface area contributed by atoms with Crippen LogP contribution in [0.15, 0.2) is 24.3 Å². The van der Waals surface area contributed by atoms with Crippen molar-refractivity contribution >= 4 is 21.6 Å². The molecule has 0 saturated heterocycles. The lowest BCUT2D eigenvalue weighted by atomic mass is 10.3. The predicted molar refractivity (Wildman–Crippen MR) is 83.1 cm³/mol. The number of anilines is 1. The zero-order valence-electron chi connectivity index (χ0n) is 12.6. The van der Waals surface area contributed by atoms with E-state index in [1.807, 2.05) is 6.92 Å². The standard InChI is InChI=1S/C14H22N2O4S/c1-4-9-15-14(17)8-10-16(21(3,18)19)12-6-5-7-13(11-12)20-2/h5-7,11H,4,8-10H2,1-3H3,(H,15,17). The minimum atomic E-state index is -3.46. The molecule has 1 amide bonds. The number of hydrogen-bond donors (Lipinski definition) is 1. The maximum absolute atomic E-state index is 11.9. The Hall–Kier alpha value is -1.76. The summed E-state index contributed by atoms with van der Waals surface area (Å²) >= 11 is 0. The number of carbonyl (C=O) groups is 1. The smallest absolute Gasteiger partial charge is 0.232 e. The summed E-state index contributed by atoms with van der Waals surface area (Å²) in [4.78, 5) is 11.6. The minimum absolute atomic E-state index is 0.0988. The molecule has 0 aliphatic rings. The molecule has 0 heterocycles. The van der Waals surface area contributed by atoms with Gasteiger partial charge in [0.15, 0.2) is 0 Å². The fourth-order valence-corrected chi connectivity index (χ4v) is 2.73. The Bertz CT molecular complexity index is 572. The number of sulfonamides is 1. The number of methoxy groups -OCH3 is 1. The van der Waals surface area contributed by atoms with Crippen LogP contribution in [0.4, 0.5) is 5.69 Å². The van der Waals surface area contributed by atoms with Crippen LogP contribution in [0.5, 0.6) is 5.75 Å². The SMILES string of the molecule is CCCNC(=O)CCN(c1cccc(OC)c1)S(C)(=O)=O. The second-order valence-electron chi connectivity index (χ2n) is 4.64. The molecule has 1 aromatic carbocycles. The molecule has 0 aliphatic heterocycles. The average Bonchev–Trinajstić information content (AvgIpc) is 2.44. The number of ether oxygens (including phenoxy) is 1. The molecule has 0 aromatic heterocycles. The molecular formula is C14H22N2O4S. The molecule has 0 aliphatic carbocycles. The lowest BCUT2D eigenvalue weighted by Crippen LogP contribution is -2.34. The lowest BCUT2D eigenvalue weighted by Gasteiger charge is -2.22. The summed E-state index contributed by atoms with van der Waals surface area (Å²) in [5, 5.41) is 2.73. The van der Waals surface area contributed by atoms with Crippen molar-refractivity contribution < 1.29 is 17.9 Å². The highest BCUT2D eigenvalue weighted by atomic mass is 32.2. The third-order valence-electron chi connectivity index (χ3n) is 2.86. The van der Waals surface area contributed by atoms with E-state index in [4.69, 9.17) is 4.74 Å². The highest BCUT2D eigenvalue weighted by Gasteiger charge is 2.18. The first-order chi connectivity index (χ1) is 9.88. The van der Waals surface area contributed by atoms with Crippen LogP contribution in [-0.4, -0.2) is 40.8 Å². The monoisotopic (exact) mass is 314 g/mol. The van der Waals surface area contributed by atoms with Gasteiger partial charge < -0.3 is 10.1 Å². The summed E-state index contributed by atoms with van der Waals surface area (Å²) in [5.74, 6) is 0.407. The van der Waals surface area contributed by atoms with E-state index in [-0.39, 0.29) is 18.9 Å². The van der Waals surface area contributed by atoms with Crippen LogP contribution in [0.25, 0.3) is 0 Å². The summed E-state index contributed by atoms with van der Waals surface area (Å²) in [5.41, 5.74) is 0.486. The van der Waals surface area contributed by atoms with Crippen molar-refractivity contribution in [1.29, 1.82) is 0 Å². The van der Waals surface area contributed by atoms with Crippen molar-refractivity contribution in [2.45, 2.75) is 19.8 Å². The van der Waals surface area contributed by atoms with Gasteiger partial charge in [-0.15, -0.1) is 0 Å². The molecule has 0 spiro atoms. The quantitative estimate of drug-likeness (QED) is 0.786. The highest BCUT2D eigenvalue weighted by molar-refractivity contribution is 7.92. The molecule has 0 unspecified atom stereocenters. The highest BCUT2D eigenvalue weighted by Crippen LogP contribution is 2.23. The number of nitrogens with one attached hydrogen (secondary N) is 1. The van der Waals surface area contributed by atoms with E-state index in [1.54, 1.807) is 24.3 Å². The number of carbonyl (C=O) groups excluding carboxylic acids is 1. The summed E-state index contributed by atoms with van der Waals surface area (Å²) in [7, 11) is -1.95. The molecule has 1 aromatic rings. The Balaban J connectivity index is 2.84. The first kappa shape index (κ1) is 17.3. The van der Waals surface area contributed by atoms with Gasteiger partial charge in [0.25, 0.3) is 0 Å². The average molecular weight is 314 g/mol. The molecular weight excluding hydrogens is 292 g/mol. The van der Waals surface area contributed by atoms with Crippen LogP contribution in [0.2, 0.25) is 0 Å². The van der Waals surface area contributed by atoms with E-state index >= 15 is 0 Å². The fraction of sp³-hybridized carbons (Fsp3) is 0.500. The molecule has 0 bridgehead atoms. The van der Waals surface area contributed by atoms with Crippen molar-refractivity contribution in [3.63, 3.8) is 0 Å². The lowest BCUT2D eigenvalue weighted by molar-refractivity contribution is -0.120. The molecule has 1 N–H and O–H groups in total. The van der Waals surface area contributed by atoms with E-state index in [2.05, 4.69) is 5.32 Å². The molecule has 0 radical (unpaired) electrons. The Morgan fingerprint density at radius 2 is 2.10 bits per heavy atom. The number of amides is 1. The van der Waals surface area contributed by atoms with E-state index in [0.717, 1.165) is 12.7 Å². The van der Waals surface area contributed by atoms with Crippen molar-refractivity contribution in [3.05, 3.63) is 24.3 Å². The van der Waals surface area contributed by atoms with Crippen LogP contribution in [0, 0.1) is 0 Å². The molecule has 7 heteroatoms. The van der Waals surface area contributed by atoms with Gasteiger partial charge >= 0.3 is 0 Å². The topological polar surface area (TPSA) is 75.7 Å². The van der Waals surface area contributed by atoms with Gasteiger partial charge in [0.1, 0.15) is 5.75 Å². The zero-order chi connectivity index (χ0) is 15.9. The van der Waals surface area contributed by atoms with Crippen LogP contribution >= 0.6 is 0 Å². The number of nitrogens with zero attached hydrogens (tertiary/aromatic N) is 1. The van der Waals surface area contributed by atoms with E-state index in [9.17, 15) is 13.2 Å². The third-order valence-corrected chi connectivity index (χ3v) is 4.05. The molecule has 118 valence electrons. The molecule has 0 atom stereocenters. The summed E-state index contributed by atoms with van der Waals surface area (Å²) < 4.78 is 30.1. The first-order valence-electron chi connectivity index (χ1n) is 6.77. The summed E-state index contributed by atoms with van der Waals surface area (Å²) in [6.45, 7) is 2.65. The Morgan fingerprint density at radius 3 is 2.67 bits per heavy atom. The third kappa shape index (κ3) is 5.63. The second kappa shape index (κ2) is 7.87. The molecule has 21 heavy (non-hydrogen) atoms. The van der Waals surface area contributed by atoms with Crippen molar-refractivity contribution in [2.24, 2.45) is 0 Å². The van der Waals surface area contributed by atoms with Crippen molar-refractivity contribution in [1.82, 2.24) is 5.32 Å². The van der Waals surface area contributed by atoms with Gasteiger partial charge in [-0.1, -0.05) is 13.0 Å². The van der Waals surface area contributed by atoms with Gasteiger partial charge in [0, 0.05) is 25.6 Å². The molecule has 0 fully saturated rings. The Kier molecular flexibility index (Phi) is 6.48. The first-order valence-corrected chi connectivity index (χ1v) is 8.61. The number of benzene rings is 1. The van der Waals surface area contributed by atoms with E-state index < -0.39 is 10.0 Å². The number of rotatable bonds is 8. The van der Waals surface area contributed by atoms with Gasteiger partial charge in [-0.25, -0.2) is 8.42 Å². The minimum Gasteiger partial charge on any atom is -0.497 e. The van der Waals surface area contributed by atoms with E-state index in [1.165, 1.54) is 11.4 Å². The van der Waals surface area contributed by atoms with E-state index in [0.29, 0.717) is 18.0 Å². The maximum Gasteiger partial charge on any atom is 0.232 e. The van der Waals surface area contributed by atoms with Gasteiger partial charge in [0.2, 0.25) is 15.9 Å². The Labute approximate surface area is 126 Å². The fourth-order valence-electron chi connectivity index (χ4n) is 1.81. The zero-order valence-corrected chi connectivity index (χ0v) is 13.4. The van der Waals surface area contributed by atoms with Crippen molar-refractivity contribution in [3.8, 4) is 5.75 Å². The summed E-state index contributed by atoms with van der Waals surface area (Å²) in [6, 6.07) is 6.75. The molecule has 6 nitrogen and oxygen atoms in total. The normalized spacial score (nSPS) is 11.0. The van der Waals surface area contributed by atoms with Crippen LogP contribution in [0.1, 0.15) is 19.8 Å². The number of hydrogen-bond acceptors (Lipinski definition) is 4. The predicted octanol–water partition coefficient (Wildman–Crippen LogP) is 1.38. The maximum atomic E-state index is 11.9. The second-order valence-corrected chi connectivity index (χ2v) is 6.54. The van der Waals surface area contributed by atoms with Crippen molar-refractivity contribution in [2.75, 3.05) is 30.8 Å². The van der Waals surface area contributed by atoms with Crippen LogP contribution in [0.3, 0.4) is 0 Å².